The maximum Gasteiger partial charge on any atom is 0.274 e. The maximum atomic E-state index is 12.3. The number of pyridine rings is 2. The lowest BCUT2D eigenvalue weighted by atomic mass is 10.2. The van der Waals surface area contributed by atoms with E-state index >= 15 is 0 Å². The zero-order valence-corrected chi connectivity index (χ0v) is 15.1. The van der Waals surface area contributed by atoms with Gasteiger partial charge in [-0.3, -0.25) is 4.79 Å². The standard InChI is InChI=1S/C19H19N5OS/c1-26-15-7-8-17(23-12-15)19(25)24-14-5-2-4-13(10-14)11-22-16-6-3-9-21-18(16)20/h2-10,12,22H,11H2,1H3,(H2,20,21)(H,24,25). The number of nitrogen functional groups attached to an aromatic ring is 1. The van der Waals surface area contributed by atoms with Crippen molar-refractivity contribution < 1.29 is 4.79 Å². The molecule has 6 nitrogen and oxygen atoms in total. The number of aromatic nitrogens is 2. The first-order chi connectivity index (χ1) is 12.7. The molecule has 0 radical (unpaired) electrons. The van der Waals surface area contributed by atoms with Gasteiger partial charge in [-0.1, -0.05) is 12.1 Å². The summed E-state index contributed by atoms with van der Waals surface area (Å²) >= 11 is 1.59. The van der Waals surface area contributed by atoms with Crippen molar-refractivity contribution in [1.29, 1.82) is 0 Å². The summed E-state index contributed by atoms with van der Waals surface area (Å²) in [6.07, 6.45) is 5.31. The number of carbonyl (C=O) groups excluding carboxylic acids is 1. The second-order valence-corrected chi connectivity index (χ2v) is 6.41. The van der Waals surface area contributed by atoms with E-state index in [1.165, 1.54) is 0 Å². The molecular weight excluding hydrogens is 346 g/mol. The largest absolute Gasteiger partial charge is 0.382 e. The van der Waals surface area contributed by atoms with E-state index in [9.17, 15) is 4.79 Å². The molecule has 0 spiro atoms. The van der Waals surface area contributed by atoms with Crippen LogP contribution in [-0.2, 0) is 6.54 Å². The van der Waals surface area contributed by atoms with Crippen LogP contribution in [0, 0.1) is 0 Å². The fourth-order valence-electron chi connectivity index (χ4n) is 2.35. The Morgan fingerprint density at radius 3 is 2.77 bits per heavy atom. The third-order valence-electron chi connectivity index (χ3n) is 3.71. The Hall–Kier alpha value is -3.06. The number of amides is 1. The van der Waals surface area contributed by atoms with Crippen LogP contribution in [0.5, 0.6) is 0 Å². The fourth-order valence-corrected chi connectivity index (χ4v) is 2.72. The van der Waals surface area contributed by atoms with E-state index in [-0.39, 0.29) is 5.91 Å². The monoisotopic (exact) mass is 365 g/mol. The molecule has 0 bridgehead atoms. The van der Waals surface area contributed by atoms with Crippen molar-refractivity contribution in [1.82, 2.24) is 9.97 Å². The van der Waals surface area contributed by atoms with E-state index in [1.54, 1.807) is 30.2 Å². The predicted octanol–water partition coefficient (Wildman–Crippen LogP) is 3.65. The van der Waals surface area contributed by atoms with Crippen molar-refractivity contribution in [2.45, 2.75) is 11.4 Å². The SMILES string of the molecule is CSc1ccc(C(=O)Nc2cccc(CNc3cccnc3N)c2)nc1. The number of nitrogens with zero attached hydrogens (tertiary/aromatic N) is 2. The number of hydrogen-bond donors (Lipinski definition) is 3. The van der Waals surface area contributed by atoms with E-state index in [1.807, 2.05) is 48.7 Å². The molecule has 0 atom stereocenters. The summed E-state index contributed by atoms with van der Waals surface area (Å²) < 4.78 is 0. The zero-order valence-electron chi connectivity index (χ0n) is 14.3. The first-order valence-electron chi connectivity index (χ1n) is 8.00. The Labute approximate surface area is 156 Å². The predicted molar refractivity (Wildman–Crippen MR) is 106 cm³/mol. The molecule has 132 valence electrons. The van der Waals surface area contributed by atoms with Crippen molar-refractivity contribution in [3.05, 3.63) is 72.2 Å². The lowest BCUT2D eigenvalue weighted by Crippen LogP contribution is -2.13. The number of hydrogen-bond acceptors (Lipinski definition) is 6. The summed E-state index contributed by atoms with van der Waals surface area (Å²) in [5.74, 6) is 0.219. The molecule has 2 heterocycles. The second-order valence-electron chi connectivity index (χ2n) is 5.53. The first-order valence-corrected chi connectivity index (χ1v) is 9.23. The topological polar surface area (TPSA) is 92.9 Å². The van der Waals surface area contributed by atoms with Crippen molar-refractivity contribution in [3.63, 3.8) is 0 Å². The molecule has 0 aliphatic carbocycles. The average molecular weight is 365 g/mol. The molecule has 4 N–H and O–H groups in total. The second kappa shape index (κ2) is 8.35. The molecule has 0 saturated carbocycles. The maximum absolute atomic E-state index is 12.3. The summed E-state index contributed by atoms with van der Waals surface area (Å²) in [7, 11) is 0. The molecule has 0 fully saturated rings. The summed E-state index contributed by atoms with van der Waals surface area (Å²) in [6, 6.07) is 14.9. The van der Waals surface area contributed by atoms with Crippen molar-refractivity contribution in [2.75, 3.05) is 22.6 Å². The Kier molecular flexibility index (Phi) is 5.70. The van der Waals surface area contributed by atoms with Crippen LogP contribution in [0.25, 0.3) is 0 Å². The molecule has 2 aromatic heterocycles. The Morgan fingerprint density at radius 2 is 2.04 bits per heavy atom. The van der Waals surface area contributed by atoms with Crippen molar-refractivity contribution in [2.24, 2.45) is 0 Å². The van der Waals surface area contributed by atoms with Gasteiger partial charge in [-0.25, -0.2) is 9.97 Å². The number of benzene rings is 1. The summed E-state index contributed by atoms with van der Waals surface area (Å²) in [6.45, 7) is 0.570. The van der Waals surface area contributed by atoms with Gasteiger partial charge in [0.2, 0.25) is 0 Å². The fraction of sp³-hybridized carbons (Fsp3) is 0.105. The normalized spacial score (nSPS) is 10.3. The lowest BCUT2D eigenvalue weighted by Gasteiger charge is -2.10. The highest BCUT2D eigenvalue weighted by Gasteiger charge is 2.08. The van der Waals surface area contributed by atoms with Gasteiger partial charge in [0, 0.05) is 29.5 Å². The molecule has 1 aromatic carbocycles. The molecule has 7 heteroatoms. The Balaban J connectivity index is 1.65. The smallest absolute Gasteiger partial charge is 0.274 e. The van der Waals surface area contributed by atoms with E-state index in [0.717, 1.165) is 16.1 Å². The molecule has 3 aromatic rings. The van der Waals surface area contributed by atoms with Crippen LogP contribution in [-0.4, -0.2) is 22.1 Å². The number of nitrogens with two attached hydrogens (primary N) is 1. The molecule has 1 amide bonds. The molecule has 0 unspecified atom stereocenters. The van der Waals surface area contributed by atoms with Gasteiger partial charge in [0.05, 0.1) is 5.69 Å². The molecule has 0 aliphatic heterocycles. The van der Waals surface area contributed by atoms with Gasteiger partial charge in [0.1, 0.15) is 11.5 Å². The van der Waals surface area contributed by atoms with Crippen LogP contribution >= 0.6 is 11.8 Å². The van der Waals surface area contributed by atoms with E-state index in [0.29, 0.717) is 23.7 Å². The minimum absolute atomic E-state index is 0.237. The van der Waals surface area contributed by atoms with Gasteiger partial charge < -0.3 is 16.4 Å². The minimum Gasteiger partial charge on any atom is -0.382 e. The zero-order chi connectivity index (χ0) is 18.4. The van der Waals surface area contributed by atoms with Gasteiger partial charge in [-0.15, -0.1) is 11.8 Å². The van der Waals surface area contributed by atoms with Gasteiger partial charge in [-0.05, 0) is 48.2 Å². The van der Waals surface area contributed by atoms with Crippen LogP contribution in [0.2, 0.25) is 0 Å². The summed E-state index contributed by atoms with van der Waals surface area (Å²) in [5.41, 5.74) is 8.71. The van der Waals surface area contributed by atoms with Crippen molar-refractivity contribution in [3.8, 4) is 0 Å². The van der Waals surface area contributed by atoms with Gasteiger partial charge >= 0.3 is 0 Å². The number of anilines is 3. The Bertz CT molecular complexity index is 898. The molecule has 0 saturated heterocycles. The van der Waals surface area contributed by atoms with Crippen molar-refractivity contribution >= 4 is 34.9 Å². The Morgan fingerprint density at radius 1 is 1.15 bits per heavy atom. The van der Waals surface area contributed by atoms with Crippen LogP contribution in [0.3, 0.4) is 0 Å². The van der Waals surface area contributed by atoms with E-state index in [4.69, 9.17) is 5.73 Å². The van der Waals surface area contributed by atoms with Crippen LogP contribution in [0.4, 0.5) is 17.2 Å². The lowest BCUT2D eigenvalue weighted by molar-refractivity contribution is 0.102. The van der Waals surface area contributed by atoms with Gasteiger partial charge in [0.25, 0.3) is 5.91 Å². The van der Waals surface area contributed by atoms with E-state index in [2.05, 4.69) is 20.6 Å². The van der Waals surface area contributed by atoms with Gasteiger partial charge in [0.15, 0.2) is 0 Å². The molecule has 26 heavy (non-hydrogen) atoms. The number of nitrogens with one attached hydrogen (secondary N) is 2. The van der Waals surface area contributed by atoms with Crippen LogP contribution in [0.1, 0.15) is 16.1 Å². The van der Waals surface area contributed by atoms with E-state index < -0.39 is 0 Å². The quantitative estimate of drug-likeness (QED) is 0.578. The third kappa shape index (κ3) is 4.52. The molecular formula is C19H19N5OS. The number of carbonyl (C=O) groups is 1. The summed E-state index contributed by atoms with van der Waals surface area (Å²) in [4.78, 5) is 21.6. The molecule has 0 aliphatic rings. The average Bonchev–Trinajstić information content (AvgIpc) is 2.68. The van der Waals surface area contributed by atoms with Gasteiger partial charge in [-0.2, -0.15) is 0 Å². The number of rotatable bonds is 6. The highest BCUT2D eigenvalue weighted by molar-refractivity contribution is 7.98. The molecule has 3 rings (SSSR count). The number of thioether (sulfide) groups is 1. The highest BCUT2D eigenvalue weighted by atomic mass is 32.2. The minimum atomic E-state index is -0.237. The highest BCUT2D eigenvalue weighted by Crippen LogP contribution is 2.18. The first kappa shape index (κ1) is 17.8. The summed E-state index contributed by atoms with van der Waals surface area (Å²) in [5, 5.41) is 6.11. The van der Waals surface area contributed by atoms with Crippen LogP contribution in [0.15, 0.2) is 65.8 Å². The third-order valence-corrected chi connectivity index (χ3v) is 4.42. The van der Waals surface area contributed by atoms with Crippen LogP contribution < -0.4 is 16.4 Å².